The number of unbranched alkanes of at least 4 members (excludes halogenated alkanes) is 1. The van der Waals surface area contributed by atoms with Crippen molar-refractivity contribution in [2.75, 3.05) is 0 Å². The van der Waals surface area contributed by atoms with Crippen LogP contribution in [0.25, 0.3) is 0 Å². The zero-order valence-electron chi connectivity index (χ0n) is 11.7. The normalized spacial score (nSPS) is 22.5. The zero-order valence-corrected chi connectivity index (χ0v) is 11.7. The summed E-state index contributed by atoms with van der Waals surface area (Å²) < 4.78 is 0. The Labute approximate surface area is 106 Å². The summed E-state index contributed by atoms with van der Waals surface area (Å²) in [5.74, 6) is 1.85. The van der Waals surface area contributed by atoms with Gasteiger partial charge in [0.15, 0.2) is 0 Å². The molecule has 0 aromatic heterocycles. The van der Waals surface area contributed by atoms with E-state index in [9.17, 15) is 4.79 Å². The predicted octanol–water partition coefficient (Wildman–Crippen LogP) is 3.31. The van der Waals surface area contributed by atoms with Gasteiger partial charge in [-0.25, -0.2) is 0 Å². The fourth-order valence-corrected chi connectivity index (χ4v) is 1.78. The van der Waals surface area contributed by atoms with Crippen molar-refractivity contribution in [2.24, 2.45) is 17.6 Å². The van der Waals surface area contributed by atoms with Crippen LogP contribution in [-0.2, 0) is 9.59 Å². The van der Waals surface area contributed by atoms with E-state index in [0.717, 1.165) is 24.7 Å². The Morgan fingerprint density at radius 2 is 1.47 bits per heavy atom. The number of carbonyl (C=O) groups excluding carboxylic acids is 2. The maximum Gasteiger partial charge on any atom is 0.217 e. The summed E-state index contributed by atoms with van der Waals surface area (Å²) in [7, 11) is 0. The molecule has 0 spiro atoms. The number of amides is 1. The van der Waals surface area contributed by atoms with Crippen LogP contribution in [0.5, 0.6) is 0 Å². The molecule has 0 aromatic rings. The summed E-state index contributed by atoms with van der Waals surface area (Å²) in [6.07, 6.45) is 8.40. The molecule has 1 aliphatic rings. The van der Waals surface area contributed by atoms with E-state index in [1.54, 1.807) is 0 Å². The first kappa shape index (κ1) is 18.5. The lowest BCUT2D eigenvalue weighted by atomic mass is 9.84. The number of carbonyl (C=O) groups is 2. The van der Waals surface area contributed by atoms with Gasteiger partial charge in [0.1, 0.15) is 6.79 Å². The van der Waals surface area contributed by atoms with E-state index < -0.39 is 0 Å². The SMILES string of the molecule is C=O.CC1CCC(C)CC1.CCCCC(N)=O. The van der Waals surface area contributed by atoms with Gasteiger partial charge >= 0.3 is 0 Å². The maximum absolute atomic E-state index is 9.98. The standard InChI is InChI=1S/C8H16.C5H11NO.CH2O/c1-7-3-5-8(2)6-4-7;1-2-3-4-5(6)7;1-2/h7-8H,3-6H2,1-2H3;2-4H2,1H3,(H2,6,7);1H2. The molecule has 0 radical (unpaired) electrons. The van der Waals surface area contributed by atoms with Gasteiger partial charge in [-0.3, -0.25) is 4.79 Å². The first-order valence-corrected chi connectivity index (χ1v) is 6.63. The molecule has 1 amide bonds. The minimum atomic E-state index is -0.193. The molecule has 102 valence electrons. The van der Waals surface area contributed by atoms with Gasteiger partial charge in [0.2, 0.25) is 5.91 Å². The predicted molar refractivity (Wildman–Crippen MR) is 72.6 cm³/mol. The van der Waals surface area contributed by atoms with Crippen LogP contribution in [0, 0.1) is 11.8 Å². The molecule has 1 rings (SSSR count). The third-order valence-corrected chi connectivity index (χ3v) is 3.08. The van der Waals surface area contributed by atoms with Crippen molar-refractivity contribution in [3.63, 3.8) is 0 Å². The Kier molecular flexibility index (Phi) is 14.4. The summed E-state index contributed by atoms with van der Waals surface area (Å²) >= 11 is 0. The van der Waals surface area contributed by atoms with E-state index in [4.69, 9.17) is 10.5 Å². The minimum absolute atomic E-state index is 0.193. The molecule has 0 aliphatic heterocycles. The topological polar surface area (TPSA) is 60.2 Å². The number of rotatable bonds is 3. The van der Waals surface area contributed by atoms with E-state index in [1.165, 1.54) is 25.7 Å². The fourth-order valence-electron chi connectivity index (χ4n) is 1.78. The highest BCUT2D eigenvalue weighted by molar-refractivity contribution is 5.73. The van der Waals surface area contributed by atoms with E-state index >= 15 is 0 Å². The molecule has 3 nitrogen and oxygen atoms in total. The van der Waals surface area contributed by atoms with Crippen LogP contribution in [0.1, 0.15) is 65.7 Å². The number of hydrogen-bond acceptors (Lipinski definition) is 2. The second-order valence-electron chi connectivity index (χ2n) is 4.93. The molecule has 17 heavy (non-hydrogen) atoms. The lowest BCUT2D eigenvalue weighted by Crippen LogP contribution is -2.09. The van der Waals surface area contributed by atoms with Crippen molar-refractivity contribution in [3.8, 4) is 0 Å². The van der Waals surface area contributed by atoms with Gasteiger partial charge in [-0.2, -0.15) is 0 Å². The van der Waals surface area contributed by atoms with Crippen LogP contribution in [-0.4, -0.2) is 12.7 Å². The highest BCUT2D eigenvalue weighted by Gasteiger charge is 2.13. The van der Waals surface area contributed by atoms with E-state index in [0.29, 0.717) is 6.42 Å². The summed E-state index contributed by atoms with van der Waals surface area (Å²) in [5.41, 5.74) is 4.84. The molecule has 1 aliphatic carbocycles. The first-order valence-electron chi connectivity index (χ1n) is 6.63. The van der Waals surface area contributed by atoms with E-state index in [1.807, 2.05) is 13.7 Å². The second kappa shape index (κ2) is 13.2. The molecular formula is C14H29NO2. The van der Waals surface area contributed by atoms with Gasteiger partial charge < -0.3 is 10.5 Å². The molecule has 0 unspecified atom stereocenters. The van der Waals surface area contributed by atoms with Crippen molar-refractivity contribution in [3.05, 3.63) is 0 Å². The maximum atomic E-state index is 9.98. The molecule has 0 heterocycles. The first-order chi connectivity index (χ1) is 8.06. The van der Waals surface area contributed by atoms with Crippen LogP contribution in [0.15, 0.2) is 0 Å². The molecule has 1 fully saturated rings. The molecule has 1 saturated carbocycles. The molecule has 0 bridgehead atoms. The average Bonchev–Trinajstić information content (AvgIpc) is 2.34. The van der Waals surface area contributed by atoms with Crippen molar-refractivity contribution in [1.29, 1.82) is 0 Å². The molecule has 2 N–H and O–H groups in total. The summed E-state index contributed by atoms with van der Waals surface area (Å²) in [5, 5.41) is 0. The average molecular weight is 243 g/mol. The monoisotopic (exact) mass is 243 g/mol. The van der Waals surface area contributed by atoms with Crippen LogP contribution in [0.3, 0.4) is 0 Å². The lowest BCUT2D eigenvalue weighted by Gasteiger charge is -2.22. The Balaban J connectivity index is 0. The van der Waals surface area contributed by atoms with Gasteiger partial charge in [-0.1, -0.05) is 52.9 Å². The Morgan fingerprint density at radius 3 is 1.65 bits per heavy atom. The highest BCUT2D eigenvalue weighted by Crippen LogP contribution is 2.27. The molecular weight excluding hydrogens is 214 g/mol. The van der Waals surface area contributed by atoms with Crippen LogP contribution in [0.2, 0.25) is 0 Å². The molecule has 0 atom stereocenters. The van der Waals surface area contributed by atoms with Crippen LogP contribution in [0.4, 0.5) is 0 Å². The van der Waals surface area contributed by atoms with Crippen LogP contribution < -0.4 is 5.73 Å². The van der Waals surface area contributed by atoms with E-state index in [2.05, 4.69) is 13.8 Å². The second-order valence-corrected chi connectivity index (χ2v) is 4.93. The number of nitrogens with two attached hydrogens (primary N) is 1. The van der Waals surface area contributed by atoms with Gasteiger partial charge in [0.05, 0.1) is 0 Å². The summed E-state index contributed by atoms with van der Waals surface area (Å²) in [6, 6.07) is 0. The fraction of sp³-hybridized carbons (Fsp3) is 0.857. The number of primary amides is 1. The lowest BCUT2D eigenvalue weighted by molar-refractivity contribution is -0.118. The molecule has 3 heteroatoms. The summed E-state index contributed by atoms with van der Waals surface area (Å²) in [4.78, 5) is 18.0. The van der Waals surface area contributed by atoms with Crippen molar-refractivity contribution < 1.29 is 9.59 Å². The highest BCUT2D eigenvalue weighted by atomic mass is 16.1. The largest absolute Gasteiger partial charge is 0.370 e. The third-order valence-electron chi connectivity index (χ3n) is 3.08. The van der Waals surface area contributed by atoms with Gasteiger partial charge in [0.25, 0.3) is 0 Å². The summed E-state index contributed by atoms with van der Waals surface area (Å²) in [6.45, 7) is 8.76. The van der Waals surface area contributed by atoms with Gasteiger partial charge in [-0.15, -0.1) is 0 Å². The number of hydrogen-bond donors (Lipinski definition) is 1. The van der Waals surface area contributed by atoms with Gasteiger partial charge in [0, 0.05) is 6.42 Å². The van der Waals surface area contributed by atoms with Crippen LogP contribution >= 0.6 is 0 Å². The Bertz CT molecular complexity index is 165. The van der Waals surface area contributed by atoms with Crippen molar-refractivity contribution in [1.82, 2.24) is 0 Å². The van der Waals surface area contributed by atoms with Gasteiger partial charge in [-0.05, 0) is 18.3 Å². The molecule has 0 saturated heterocycles. The van der Waals surface area contributed by atoms with Crippen molar-refractivity contribution in [2.45, 2.75) is 65.7 Å². The zero-order chi connectivity index (χ0) is 13.7. The third kappa shape index (κ3) is 15.1. The Morgan fingerprint density at radius 1 is 1.12 bits per heavy atom. The quantitative estimate of drug-likeness (QED) is 0.826. The minimum Gasteiger partial charge on any atom is -0.370 e. The van der Waals surface area contributed by atoms with Crippen molar-refractivity contribution >= 4 is 12.7 Å². The Hall–Kier alpha value is -0.860. The molecule has 0 aromatic carbocycles. The van der Waals surface area contributed by atoms with E-state index in [-0.39, 0.29) is 5.91 Å². The smallest absolute Gasteiger partial charge is 0.217 e.